The van der Waals surface area contributed by atoms with Gasteiger partial charge in [-0.1, -0.05) is 34.5 Å². The van der Waals surface area contributed by atoms with E-state index in [0.717, 1.165) is 10.9 Å². The minimum absolute atomic E-state index is 0.207. The molecule has 2 amide bonds. The standard InChI is InChI=1S/C13H16BrClN2O2/c1-3-6-16-12(18)8(2)17-13(19)10-7-9(14)4-5-11(10)15/h4-5,7-8H,3,6H2,1-2H3,(H,16,18)(H,17,19)/t8-/m1/s1. The number of rotatable bonds is 5. The number of nitrogens with one attached hydrogen (secondary N) is 2. The van der Waals surface area contributed by atoms with E-state index in [-0.39, 0.29) is 11.8 Å². The van der Waals surface area contributed by atoms with Crippen LogP contribution in [0.1, 0.15) is 30.6 Å². The lowest BCUT2D eigenvalue weighted by atomic mass is 10.2. The second kappa shape index (κ2) is 7.50. The van der Waals surface area contributed by atoms with Gasteiger partial charge in [0.05, 0.1) is 10.6 Å². The molecule has 0 unspecified atom stereocenters. The second-order valence-corrected chi connectivity index (χ2v) is 5.43. The molecule has 0 bridgehead atoms. The molecule has 1 aromatic rings. The highest BCUT2D eigenvalue weighted by Crippen LogP contribution is 2.20. The van der Waals surface area contributed by atoms with Crippen molar-refractivity contribution in [3.8, 4) is 0 Å². The molecule has 0 aliphatic carbocycles. The number of hydrogen-bond donors (Lipinski definition) is 2. The lowest BCUT2D eigenvalue weighted by Crippen LogP contribution is -2.45. The van der Waals surface area contributed by atoms with E-state index in [2.05, 4.69) is 26.6 Å². The Bertz CT molecular complexity index is 480. The van der Waals surface area contributed by atoms with Crippen LogP contribution in [0.5, 0.6) is 0 Å². The summed E-state index contributed by atoms with van der Waals surface area (Å²) in [6.45, 7) is 4.19. The van der Waals surface area contributed by atoms with Crippen LogP contribution >= 0.6 is 27.5 Å². The fraction of sp³-hybridized carbons (Fsp3) is 0.385. The molecule has 1 rings (SSSR count). The predicted molar refractivity (Wildman–Crippen MR) is 79.4 cm³/mol. The highest BCUT2D eigenvalue weighted by molar-refractivity contribution is 9.10. The number of hydrogen-bond acceptors (Lipinski definition) is 2. The third-order valence-electron chi connectivity index (χ3n) is 2.46. The Balaban J connectivity index is 2.68. The molecule has 1 aromatic carbocycles. The third-order valence-corrected chi connectivity index (χ3v) is 3.29. The van der Waals surface area contributed by atoms with E-state index in [9.17, 15) is 9.59 Å². The highest BCUT2D eigenvalue weighted by Gasteiger charge is 2.17. The van der Waals surface area contributed by atoms with E-state index < -0.39 is 6.04 Å². The zero-order chi connectivity index (χ0) is 14.4. The van der Waals surface area contributed by atoms with Crippen LogP contribution in [0.15, 0.2) is 22.7 Å². The molecule has 0 heterocycles. The van der Waals surface area contributed by atoms with Crippen molar-refractivity contribution in [2.45, 2.75) is 26.3 Å². The molecule has 0 radical (unpaired) electrons. The monoisotopic (exact) mass is 346 g/mol. The summed E-state index contributed by atoms with van der Waals surface area (Å²) in [7, 11) is 0. The molecule has 104 valence electrons. The maximum Gasteiger partial charge on any atom is 0.253 e. The average Bonchev–Trinajstić information content (AvgIpc) is 2.38. The molecule has 0 aliphatic heterocycles. The van der Waals surface area contributed by atoms with E-state index >= 15 is 0 Å². The van der Waals surface area contributed by atoms with Gasteiger partial charge in [-0.15, -0.1) is 0 Å². The minimum Gasteiger partial charge on any atom is -0.354 e. The van der Waals surface area contributed by atoms with Gasteiger partial charge in [-0.3, -0.25) is 9.59 Å². The maximum absolute atomic E-state index is 12.0. The summed E-state index contributed by atoms with van der Waals surface area (Å²) in [5.41, 5.74) is 0.339. The first kappa shape index (κ1) is 16.0. The van der Waals surface area contributed by atoms with Crippen molar-refractivity contribution in [2.24, 2.45) is 0 Å². The Hall–Kier alpha value is -1.07. The number of carbonyl (C=O) groups excluding carboxylic acids is 2. The molecule has 0 saturated heterocycles. The summed E-state index contributed by atoms with van der Waals surface area (Å²) in [6.07, 6.45) is 0.851. The summed E-state index contributed by atoms with van der Waals surface area (Å²) in [5.74, 6) is -0.577. The molecule has 4 nitrogen and oxygen atoms in total. The molecule has 0 aliphatic rings. The van der Waals surface area contributed by atoms with Gasteiger partial charge in [0.15, 0.2) is 0 Å². The lowest BCUT2D eigenvalue weighted by Gasteiger charge is -2.14. The molecule has 2 N–H and O–H groups in total. The van der Waals surface area contributed by atoms with Gasteiger partial charge in [0, 0.05) is 11.0 Å². The van der Waals surface area contributed by atoms with Gasteiger partial charge in [0.1, 0.15) is 6.04 Å². The number of benzene rings is 1. The van der Waals surface area contributed by atoms with Crippen molar-refractivity contribution in [2.75, 3.05) is 6.54 Å². The average molecular weight is 348 g/mol. The first-order valence-corrected chi connectivity index (χ1v) is 7.16. The SMILES string of the molecule is CCCNC(=O)[C@@H](C)NC(=O)c1cc(Br)ccc1Cl. The summed E-state index contributed by atoms with van der Waals surface area (Å²) in [6, 6.07) is 4.39. The molecule has 0 saturated carbocycles. The summed E-state index contributed by atoms with van der Waals surface area (Å²) in [5, 5.41) is 5.68. The van der Waals surface area contributed by atoms with Crippen LogP contribution in [0.4, 0.5) is 0 Å². The molecular weight excluding hydrogens is 332 g/mol. The van der Waals surface area contributed by atoms with Crippen LogP contribution in [0.3, 0.4) is 0 Å². The lowest BCUT2D eigenvalue weighted by molar-refractivity contribution is -0.122. The number of carbonyl (C=O) groups is 2. The highest BCUT2D eigenvalue weighted by atomic mass is 79.9. The first-order valence-electron chi connectivity index (χ1n) is 5.99. The molecule has 19 heavy (non-hydrogen) atoms. The van der Waals surface area contributed by atoms with Crippen molar-refractivity contribution in [1.29, 1.82) is 0 Å². The van der Waals surface area contributed by atoms with Crippen molar-refractivity contribution in [3.05, 3.63) is 33.3 Å². The molecule has 1 atom stereocenters. The van der Waals surface area contributed by atoms with Gasteiger partial charge >= 0.3 is 0 Å². The molecule has 0 fully saturated rings. The van der Waals surface area contributed by atoms with E-state index in [1.807, 2.05) is 6.92 Å². The molecular formula is C13H16BrClN2O2. The predicted octanol–water partition coefficient (Wildman–Crippen LogP) is 2.75. The van der Waals surface area contributed by atoms with Crippen LogP contribution in [-0.2, 0) is 4.79 Å². The summed E-state index contributed by atoms with van der Waals surface area (Å²) >= 11 is 9.23. The van der Waals surface area contributed by atoms with Gasteiger partial charge in [0.2, 0.25) is 5.91 Å². The zero-order valence-corrected chi connectivity index (χ0v) is 13.1. The number of amides is 2. The molecule has 0 spiro atoms. The third kappa shape index (κ3) is 4.84. The minimum atomic E-state index is -0.603. The molecule has 6 heteroatoms. The van der Waals surface area contributed by atoms with Crippen molar-refractivity contribution in [3.63, 3.8) is 0 Å². The van der Waals surface area contributed by atoms with Crippen molar-refractivity contribution in [1.82, 2.24) is 10.6 Å². The fourth-order valence-electron chi connectivity index (χ4n) is 1.41. The largest absolute Gasteiger partial charge is 0.354 e. The van der Waals surface area contributed by atoms with Crippen LogP contribution in [-0.4, -0.2) is 24.4 Å². The van der Waals surface area contributed by atoms with Gasteiger partial charge in [0.25, 0.3) is 5.91 Å². The molecule has 0 aromatic heterocycles. The van der Waals surface area contributed by atoms with Crippen LogP contribution in [0.25, 0.3) is 0 Å². The number of halogens is 2. The first-order chi connectivity index (χ1) is 8.95. The zero-order valence-electron chi connectivity index (χ0n) is 10.8. The second-order valence-electron chi connectivity index (χ2n) is 4.11. The van der Waals surface area contributed by atoms with Crippen molar-refractivity contribution >= 4 is 39.3 Å². The van der Waals surface area contributed by atoms with Gasteiger partial charge in [-0.05, 0) is 31.5 Å². The summed E-state index contributed by atoms with van der Waals surface area (Å²) in [4.78, 5) is 23.7. The van der Waals surface area contributed by atoms with Crippen LogP contribution in [0, 0.1) is 0 Å². The van der Waals surface area contributed by atoms with E-state index in [1.54, 1.807) is 25.1 Å². The van der Waals surface area contributed by atoms with Crippen LogP contribution < -0.4 is 10.6 Å². The van der Waals surface area contributed by atoms with Gasteiger partial charge in [-0.25, -0.2) is 0 Å². The van der Waals surface area contributed by atoms with E-state index in [0.29, 0.717) is 17.1 Å². The smallest absolute Gasteiger partial charge is 0.253 e. The fourth-order valence-corrected chi connectivity index (χ4v) is 1.98. The van der Waals surface area contributed by atoms with E-state index in [1.165, 1.54) is 0 Å². The Labute approximate surface area is 126 Å². The van der Waals surface area contributed by atoms with E-state index in [4.69, 9.17) is 11.6 Å². The topological polar surface area (TPSA) is 58.2 Å². The summed E-state index contributed by atoms with van der Waals surface area (Å²) < 4.78 is 0.755. The normalized spacial score (nSPS) is 11.8. The Morgan fingerprint density at radius 2 is 2.11 bits per heavy atom. The Morgan fingerprint density at radius 3 is 2.74 bits per heavy atom. The Morgan fingerprint density at radius 1 is 1.42 bits per heavy atom. The van der Waals surface area contributed by atoms with Gasteiger partial charge in [-0.2, -0.15) is 0 Å². The maximum atomic E-state index is 12.0. The quantitative estimate of drug-likeness (QED) is 0.860. The van der Waals surface area contributed by atoms with Gasteiger partial charge < -0.3 is 10.6 Å². The van der Waals surface area contributed by atoms with Crippen LogP contribution in [0.2, 0.25) is 5.02 Å². The van der Waals surface area contributed by atoms with Crippen molar-refractivity contribution < 1.29 is 9.59 Å². The Kier molecular flexibility index (Phi) is 6.31.